The molecule has 0 saturated carbocycles. The summed E-state index contributed by atoms with van der Waals surface area (Å²) >= 11 is 1.12. The van der Waals surface area contributed by atoms with Gasteiger partial charge in [-0.3, -0.25) is 0 Å². The summed E-state index contributed by atoms with van der Waals surface area (Å²) in [6, 6.07) is 9.93. The summed E-state index contributed by atoms with van der Waals surface area (Å²) in [4.78, 5) is 0.398. The first-order chi connectivity index (χ1) is 12.1. The number of hydrogen-bond donors (Lipinski definition) is 0. The molecule has 2 atom stereocenters. The fraction of sp³-hybridized carbons (Fsp3) is 0.444. The molecule has 5 nitrogen and oxygen atoms in total. The Bertz CT molecular complexity index is 863. The van der Waals surface area contributed by atoms with Gasteiger partial charge in [-0.15, -0.1) is 0 Å². The monoisotopic (exact) mass is 375 g/mol. The maximum absolute atomic E-state index is 13.1. The topological polar surface area (TPSA) is 62.1 Å². The molecular weight excluding hydrogens is 354 g/mol. The van der Waals surface area contributed by atoms with Gasteiger partial charge in [0.25, 0.3) is 0 Å². The van der Waals surface area contributed by atoms with Gasteiger partial charge in [0.1, 0.15) is 12.1 Å². The first-order valence-electron chi connectivity index (χ1n) is 8.63. The lowest BCUT2D eigenvalue weighted by atomic mass is 9.91. The molecular formula is C18H21N3O2S2. The molecule has 0 N–H and O–H groups in total. The van der Waals surface area contributed by atoms with Crippen LogP contribution in [0.15, 0.2) is 62.2 Å². The highest BCUT2D eigenvalue weighted by Gasteiger charge is 2.39. The minimum absolute atomic E-state index is 0.143. The van der Waals surface area contributed by atoms with Gasteiger partial charge < -0.3 is 0 Å². The predicted molar refractivity (Wildman–Crippen MR) is 100 cm³/mol. The van der Waals surface area contributed by atoms with Gasteiger partial charge >= 0.3 is 0 Å². The van der Waals surface area contributed by atoms with Crippen molar-refractivity contribution >= 4 is 21.4 Å². The maximum Gasteiger partial charge on any atom is 0.241 e. The Hall–Kier alpha value is -1.57. The molecule has 1 aliphatic carbocycles. The number of rotatable bonds is 4. The normalized spacial score (nSPS) is 27.0. The van der Waals surface area contributed by atoms with E-state index in [0.29, 0.717) is 23.9 Å². The van der Waals surface area contributed by atoms with Gasteiger partial charge in [0.2, 0.25) is 10.0 Å². The van der Waals surface area contributed by atoms with Gasteiger partial charge in [-0.2, -0.15) is 4.31 Å². The van der Waals surface area contributed by atoms with Crippen LogP contribution >= 0.6 is 0 Å². The van der Waals surface area contributed by atoms with Gasteiger partial charge in [-0.05, 0) is 36.8 Å². The Morgan fingerprint density at radius 2 is 1.88 bits per heavy atom. The molecule has 25 heavy (non-hydrogen) atoms. The van der Waals surface area contributed by atoms with Crippen molar-refractivity contribution in [3.05, 3.63) is 59.0 Å². The third kappa shape index (κ3) is 3.41. The molecule has 0 radical (unpaired) electrons. The van der Waals surface area contributed by atoms with Crippen molar-refractivity contribution in [3.63, 3.8) is 0 Å². The molecule has 1 fully saturated rings. The number of sulfonamides is 1. The molecule has 0 amide bonds. The van der Waals surface area contributed by atoms with Crippen LogP contribution in [0.25, 0.3) is 0 Å². The third-order valence-electron chi connectivity index (χ3n) is 5.09. The number of piperidine rings is 1. The van der Waals surface area contributed by atoms with E-state index < -0.39 is 10.0 Å². The Morgan fingerprint density at radius 3 is 2.64 bits per heavy atom. The van der Waals surface area contributed by atoms with Gasteiger partial charge in [0.15, 0.2) is 0 Å². The SMILES string of the molecule is O=S(=O)(C1=CC=C[C@H]2N=S=N[C@H]12)N1CCC(Cc2ccccc2)CC1. The number of fused-ring (bicyclic) bond motifs is 1. The summed E-state index contributed by atoms with van der Waals surface area (Å²) < 4.78 is 36.3. The van der Waals surface area contributed by atoms with E-state index in [0.717, 1.165) is 30.6 Å². The molecule has 4 rings (SSSR count). The van der Waals surface area contributed by atoms with Crippen LogP contribution in [-0.4, -0.2) is 37.9 Å². The van der Waals surface area contributed by atoms with E-state index >= 15 is 0 Å². The molecule has 2 heterocycles. The average molecular weight is 376 g/mol. The van der Waals surface area contributed by atoms with E-state index in [4.69, 9.17) is 0 Å². The fourth-order valence-electron chi connectivity index (χ4n) is 3.66. The van der Waals surface area contributed by atoms with Crippen molar-refractivity contribution in [1.29, 1.82) is 0 Å². The van der Waals surface area contributed by atoms with E-state index in [-0.39, 0.29) is 12.1 Å². The lowest BCUT2D eigenvalue weighted by molar-refractivity contribution is 0.274. The lowest BCUT2D eigenvalue weighted by Crippen LogP contribution is -2.42. The van der Waals surface area contributed by atoms with Crippen molar-refractivity contribution in [3.8, 4) is 0 Å². The van der Waals surface area contributed by atoms with Crippen LogP contribution in [0.5, 0.6) is 0 Å². The van der Waals surface area contributed by atoms with Gasteiger partial charge in [0.05, 0.1) is 16.3 Å². The standard InChI is InChI=1S/C18H21N3O2S2/c22-25(23,17-8-4-7-16-18(17)20-24-19-16)21-11-9-15(10-12-21)13-14-5-2-1-3-6-14/h1-8,15-16,18H,9-13H2/t16-,18+/m1/s1. The first-order valence-corrected chi connectivity index (χ1v) is 10.8. The summed E-state index contributed by atoms with van der Waals surface area (Å²) in [5.41, 5.74) is 1.33. The van der Waals surface area contributed by atoms with Gasteiger partial charge in [0, 0.05) is 13.1 Å². The zero-order valence-corrected chi connectivity index (χ0v) is 15.5. The fourth-order valence-corrected chi connectivity index (χ4v) is 6.16. The highest BCUT2D eigenvalue weighted by Crippen LogP contribution is 2.31. The second kappa shape index (κ2) is 6.97. The Balaban J connectivity index is 1.42. The molecule has 7 heteroatoms. The molecule has 0 spiro atoms. The van der Waals surface area contributed by atoms with Crippen LogP contribution in [0.4, 0.5) is 0 Å². The minimum Gasteiger partial charge on any atom is -0.207 e. The zero-order chi connectivity index (χ0) is 17.3. The predicted octanol–water partition coefficient (Wildman–Crippen LogP) is 2.93. The quantitative estimate of drug-likeness (QED) is 0.812. The first kappa shape index (κ1) is 16.9. The van der Waals surface area contributed by atoms with E-state index in [9.17, 15) is 8.42 Å². The average Bonchev–Trinajstić information content (AvgIpc) is 3.11. The highest BCUT2D eigenvalue weighted by molar-refractivity contribution is 7.93. The highest BCUT2D eigenvalue weighted by atomic mass is 32.2. The van der Waals surface area contributed by atoms with E-state index in [1.807, 2.05) is 12.1 Å². The molecule has 1 saturated heterocycles. The van der Waals surface area contributed by atoms with E-state index in [1.54, 1.807) is 16.5 Å². The molecule has 3 aliphatic rings. The number of benzene rings is 1. The maximum atomic E-state index is 13.1. The van der Waals surface area contributed by atoms with Crippen molar-refractivity contribution in [2.75, 3.05) is 13.1 Å². The summed E-state index contributed by atoms with van der Waals surface area (Å²) in [7, 11) is -3.46. The Kier molecular flexibility index (Phi) is 4.71. The van der Waals surface area contributed by atoms with E-state index in [2.05, 4.69) is 33.0 Å². The van der Waals surface area contributed by atoms with Crippen LogP contribution < -0.4 is 0 Å². The Morgan fingerprint density at radius 1 is 1.12 bits per heavy atom. The largest absolute Gasteiger partial charge is 0.241 e. The van der Waals surface area contributed by atoms with Gasteiger partial charge in [-0.1, -0.05) is 42.5 Å². The van der Waals surface area contributed by atoms with Crippen LogP contribution in [-0.2, 0) is 27.8 Å². The minimum atomic E-state index is -3.46. The van der Waals surface area contributed by atoms with Crippen LogP contribution in [0.2, 0.25) is 0 Å². The molecule has 1 aromatic rings. The van der Waals surface area contributed by atoms with Crippen molar-refractivity contribution in [2.45, 2.75) is 31.3 Å². The van der Waals surface area contributed by atoms with Gasteiger partial charge in [-0.25, -0.2) is 17.1 Å². The van der Waals surface area contributed by atoms with Crippen molar-refractivity contribution in [1.82, 2.24) is 4.31 Å². The molecule has 0 bridgehead atoms. The second-order valence-corrected chi connectivity index (χ2v) is 9.24. The number of nitrogens with zero attached hydrogens (tertiary/aromatic N) is 3. The van der Waals surface area contributed by atoms with Crippen molar-refractivity contribution < 1.29 is 8.42 Å². The molecule has 132 valence electrons. The second-order valence-electron chi connectivity index (χ2n) is 6.72. The van der Waals surface area contributed by atoms with Crippen LogP contribution in [0.1, 0.15) is 18.4 Å². The smallest absolute Gasteiger partial charge is 0.207 e. The molecule has 1 aromatic carbocycles. The molecule has 0 unspecified atom stereocenters. The number of allylic oxidation sites excluding steroid dienone is 2. The Labute approximate surface area is 152 Å². The van der Waals surface area contributed by atoms with Crippen LogP contribution in [0.3, 0.4) is 0 Å². The zero-order valence-electron chi connectivity index (χ0n) is 13.9. The van der Waals surface area contributed by atoms with Crippen LogP contribution in [0, 0.1) is 5.92 Å². The van der Waals surface area contributed by atoms with Crippen molar-refractivity contribution in [2.24, 2.45) is 14.6 Å². The summed E-state index contributed by atoms with van der Waals surface area (Å²) in [6.45, 7) is 1.17. The number of hydrogen-bond acceptors (Lipinski definition) is 4. The summed E-state index contributed by atoms with van der Waals surface area (Å²) in [5, 5.41) is 0. The third-order valence-corrected chi connectivity index (χ3v) is 7.77. The lowest BCUT2D eigenvalue weighted by Gasteiger charge is -2.33. The summed E-state index contributed by atoms with van der Waals surface area (Å²) in [5.74, 6) is 0.545. The summed E-state index contributed by atoms with van der Waals surface area (Å²) in [6.07, 6.45) is 8.23. The molecule has 2 aliphatic heterocycles. The molecule has 0 aromatic heterocycles. The van der Waals surface area contributed by atoms with E-state index in [1.165, 1.54) is 5.56 Å².